The Hall–Kier alpha value is -1.55. The third kappa shape index (κ3) is 3.01. The number of nitrogen functional groups attached to an aromatic ring is 1. The molecular formula is C14H20N2O2. The molecular weight excluding hydrogens is 228 g/mol. The van der Waals surface area contributed by atoms with Gasteiger partial charge in [0.1, 0.15) is 0 Å². The van der Waals surface area contributed by atoms with Gasteiger partial charge < -0.3 is 15.7 Å². The molecule has 2 rings (SSSR count). The molecule has 0 spiro atoms. The Bertz CT molecular complexity index is 433. The van der Waals surface area contributed by atoms with E-state index < -0.39 is 5.60 Å². The molecule has 1 amide bonds. The zero-order valence-corrected chi connectivity index (χ0v) is 10.7. The summed E-state index contributed by atoms with van der Waals surface area (Å²) in [5.74, 6) is 0.0865. The molecule has 0 aromatic heterocycles. The van der Waals surface area contributed by atoms with Crippen LogP contribution < -0.4 is 5.73 Å². The number of rotatable bonds is 2. The third-order valence-electron chi connectivity index (χ3n) is 3.59. The molecule has 1 aliphatic rings. The average molecular weight is 248 g/mol. The van der Waals surface area contributed by atoms with Crippen LogP contribution in [-0.2, 0) is 11.2 Å². The Morgan fingerprint density at radius 1 is 1.39 bits per heavy atom. The predicted octanol–water partition coefficient (Wildman–Crippen LogP) is 1.18. The van der Waals surface area contributed by atoms with Crippen molar-refractivity contribution in [3.63, 3.8) is 0 Å². The zero-order chi connectivity index (χ0) is 13.2. The summed E-state index contributed by atoms with van der Waals surface area (Å²) in [4.78, 5) is 13.9. The van der Waals surface area contributed by atoms with Crippen LogP contribution in [0.5, 0.6) is 0 Å². The van der Waals surface area contributed by atoms with Crippen molar-refractivity contribution in [3.8, 4) is 0 Å². The number of hydrogen-bond donors (Lipinski definition) is 2. The van der Waals surface area contributed by atoms with Crippen LogP contribution in [-0.4, -0.2) is 34.6 Å². The van der Waals surface area contributed by atoms with Gasteiger partial charge in [-0.15, -0.1) is 0 Å². The van der Waals surface area contributed by atoms with Crippen molar-refractivity contribution in [2.24, 2.45) is 0 Å². The lowest BCUT2D eigenvalue weighted by Gasteiger charge is -2.35. The molecule has 1 heterocycles. The molecule has 1 aromatic rings. The number of aliphatic hydroxyl groups is 1. The van der Waals surface area contributed by atoms with E-state index in [1.807, 2.05) is 36.1 Å². The highest BCUT2D eigenvalue weighted by Crippen LogP contribution is 2.22. The van der Waals surface area contributed by atoms with Gasteiger partial charge in [-0.1, -0.05) is 18.2 Å². The highest BCUT2D eigenvalue weighted by molar-refractivity contribution is 5.80. The molecule has 0 atom stereocenters. The molecule has 0 aliphatic carbocycles. The number of amides is 1. The lowest BCUT2D eigenvalue weighted by molar-refractivity contribution is -0.134. The maximum atomic E-state index is 12.1. The van der Waals surface area contributed by atoms with Crippen LogP contribution >= 0.6 is 0 Å². The molecule has 1 fully saturated rings. The maximum absolute atomic E-state index is 12.1. The van der Waals surface area contributed by atoms with Gasteiger partial charge in [0.05, 0.1) is 12.0 Å². The molecule has 0 saturated carbocycles. The summed E-state index contributed by atoms with van der Waals surface area (Å²) in [6.07, 6.45) is 1.63. The van der Waals surface area contributed by atoms with Gasteiger partial charge in [0.15, 0.2) is 0 Å². The minimum Gasteiger partial charge on any atom is -0.398 e. The second-order valence-electron chi connectivity index (χ2n) is 5.25. The molecule has 1 saturated heterocycles. The first-order valence-electron chi connectivity index (χ1n) is 6.31. The van der Waals surface area contributed by atoms with E-state index in [2.05, 4.69) is 0 Å². The summed E-state index contributed by atoms with van der Waals surface area (Å²) in [5.41, 5.74) is 6.75. The van der Waals surface area contributed by atoms with Gasteiger partial charge in [-0.2, -0.15) is 0 Å². The number of nitrogens with zero attached hydrogens (tertiary/aromatic N) is 1. The van der Waals surface area contributed by atoms with E-state index in [9.17, 15) is 9.90 Å². The lowest BCUT2D eigenvalue weighted by atomic mass is 9.93. The third-order valence-corrected chi connectivity index (χ3v) is 3.59. The number of piperidine rings is 1. The van der Waals surface area contributed by atoms with Gasteiger partial charge in [0, 0.05) is 18.8 Å². The van der Waals surface area contributed by atoms with Crippen LogP contribution in [0.2, 0.25) is 0 Å². The average Bonchev–Trinajstić information content (AvgIpc) is 2.32. The predicted molar refractivity (Wildman–Crippen MR) is 71.0 cm³/mol. The Morgan fingerprint density at radius 2 is 2.00 bits per heavy atom. The highest BCUT2D eigenvalue weighted by Gasteiger charge is 2.29. The van der Waals surface area contributed by atoms with E-state index in [4.69, 9.17) is 5.73 Å². The van der Waals surface area contributed by atoms with Gasteiger partial charge in [-0.3, -0.25) is 4.79 Å². The number of hydrogen-bond acceptors (Lipinski definition) is 3. The van der Waals surface area contributed by atoms with E-state index in [0.717, 1.165) is 5.56 Å². The maximum Gasteiger partial charge on any atom is 0.227 e. The Kier molecular flexibility index (Phi) is 3.57. The molecule has 3 N–H and O–H groups in total. The molecule has 1 aromatic carbocycles. The smallest absolute Gasteiger partial charge is 0.227 e. The quantitative estimate of drug-likeness (QED) is 0.772. The summed E-state index contributed by atoms with van der Waals surface area (Å²) in [6.45, 7) is 3.07. The minimum atomic E-state index is -0.622. The van der Waals surface area contributed by atoms with Crippen molar-refractivity contribution in [1.29, 1.82) is 0 Å². The molecule has 4 heteroatoms. The number of benzene rings is 1. The molecule has 1 aliphatic heterocycles. The second kappa shape index (κ2) is 4.98. The molecule has 0 bridgehead atoms. The number of nitrogens with two attached hydrogens (primary N) is 1. The van der Waals surface area contributed by atoms with Gasteiger partial charge in [0.25, 0.3) is 0 Å². The minimum absolute atomic E-state index is 0.0865. The first-order chi connectivity index (χ1) is 8.48. The van der Waals surface area contributed by atoms with Gasteiger partial charge in [-0.25, -0.2) is 0 Å². The van der Waals surface area contributed by atoms with Crippen LogP contribution in [0.1, 0.15) is 25.3 Å². The van der Waals surface area contributed by atoms with Gasteiger partial charge in [-0.05, 0) is 31.4 Å². The number of para-hydroxylation sites is 1. The van der Waals surface area contributed by atoms with Crippen LogP contribution in [0.25, 0.3) is 0 Å². The summed E-state index contributed by atoms with van der Waals surface area (Å²) >= 11 is 0. The van der Waals surface area contributed by atoms with Crippen molar-refractivity contribution in [2.75, 3.05) is 18.8 Å². The number of carbonyl (C=O) groups excluding carboxylic acids is 1. The second-order valence-corrected chi connectivity index (χ2v) is 5.25. The fraction of sp³-hybridized carbons (Fsp3) is 0.500. The largest absolute Gasteiger partial charge is 0.398 e. The van der Waals surface area contributed by atoms with E-state index in [0.29, 0.717) is 38.0 Å². The van der Waals surface area contributed by atoms with Crippen molar-refractivity contribution in [3.05, 3.63) is 29.8 Å². The fourth-order valence-corrected chi connectivity index (χ4v) is 2.21. The number of carbonyl (C=O) groups is 1. The van der Waals surface area contributed by atoms with Crippen molar-refractivity contribution in [1.82, 2.24) is 4.90 Å². The summed E-state index contributed by atoms with van der Waals surface area (Å²) < 4.78 is 0. The van der Waals surface area contributed by atoms with Crippen molar-refractivity contribution in [2.45, 2.75) is 31.8 Å². The normalized spacial score (nSPS) is 18.7. The summed E-state index contributed by atoms with van der Waals surface area (Å²) in [5, 5.41) is 9.85. The highest BCUT2D eigenvalue weighted by atomic mass is 16.3. The van der Waals surface area contributed by atoms with Crippen LogP contribution in [0.3, 0.4) is 0 Å². The SMILES string of the molecule is CC1(O)CCN(C(=O)Cc2ccccc2N)CC1. The standard InChI is InChI=1S/C14H20N2O2/c1-14(18)6-8-16(9-7-14)13(17)10-11-4-2-3-5-12(11)15/h2-5,18H,6-10,15H2,1H3. The van der Waals surface area contributed by atoms with E-state index in [-0.39, 0.29) is 5.91 Å². The van der Waals surface area contributed by atoms with Crippen LogP contribution in [0.4, 0.5) is 5.69 Å². The summed E-state index contributed by atoms with van der Waals surface area (Å²) in [7, 11) is 0. The molecule has 4 nitrogen and oxygen atoms in total. The van der Waals surface area contributed by atoms with Crippen molar-refractivity contribution < 1.29 is 9.90 Å². The van der Waals surface area contributed by atoms with Crippen LogP contribution in [0.15, 0.2) is 24.3 Å². The monoisotopic (exact) mass is 248 g/mol. The Labute approximate surface area is 107 Å². The molecule has 0 radical (unpaired) electrons. The topological polar surface area (TPSA) is 66.6 Å². The molecule has 18 heavy (non-hydrogen) atoms. The first-order valence-corrected chi connectivity index (χ1v) is 6.31. The van der Waals surface area contributed by atoms with Gasteiger partial charge in [0.2, 0.25) is 5.91 Å². The van der Waals surface area contributed by atoms with E-state index >= 15 is 0 Å². The summed E-state index contributed by atoms with van der Waals surface area (Å²) in [6, 6.07) is 7.44. The van der Waals surface area contributed by atoms with Crippen molar-refractivity contribution >= 4 is 11.6 Å². The molecule has 0 unspecified atom stereocenters. The van der Waals surface area contributed by atoms with Crippen LogP contribution in [0, 0.1) is 0 Å². The number of likely N-dealkylation sites (tertiary alicyclic amines) is 1. The van der Waals surface area contributed by atoms with E-state index in [1.54, 1.807) is 0 Å². The zero-order valence-electron chi connectivity index (χ0n) is 10.7. The lowest BCUT2D eigenvalue weighted by Crippen LogP contribution is -2.45. The Morgan fingerprint density at radius 3 is 2.61 bits per heavy atom. The van der Waals surface area contributed by atoms with Gasteiger partial charge >= 0.3 is 0 Å². The van der Waals surface area contributed by atoms with E-state index in [1.165, 1.54) is 0 Å². The first kappa shape index (κ1) is 12.9. The fourth-order valence-electron chi connectivity index (χ4n) is 2.21. The molecule has 98 valence electrons. The Balaban J connectivity index is 1.95. The number of anilines is 1.